The molecule has 4 rings (SSSR count). The summed E-state index contributed by atoms with van der Waals surface area (Å²) in [6.45, 7) is 4.61. The first-order valence-electron chi connectivity index (χ1n) is 9.43. The Morgan fingerprint density at radius 1 is 1.14 bits per heavy atom. The molecule has 0 radical (unpaired) electrons. The van der Waals surface area contributed by atoms with Crippen LogP contribution in [0, 0.1) is 4.77 Å². The lowest BCUT2D eigenvalue weighted by Crippen LogP contribution is -2.26. The third-order valence-electron chi connectivity index (χ3n) is 5.03. The Balaban J connectivity index is 1.86. The van der Waals surface area contributed by atoms with E-state index in [1.807, 2.05) is 61.9 Å². The summed E-state index contributed by atoms with van der Waals surface area (Å²) in [4.78, 5) is 22.0. The summed E-state index contributed by atoms with van der Waals surface area (Å²) in [5.41, 5.74) is 2.01. The van der Waals surface area contributed by atoms with Crippen molar-refractivity contribution in [3.63, 3.8) is 0 Å². The standard InChI is InChI=1S/C21H21N5O2S/c1-4-25-19(27)15(20(28)26(5-2)21(25)29)11-14-12-16-17(22-14)23-18(24(16)3)13-9-7-6-8-10-13/h6-12,27H,4-5H2,1-3H3. The van der Waals surface area contributed by atoms with Crippen LogP contribution in [-0.2, 0) is 20.1 Å². The molecule has 3 aromatic rings. The second kappa shape index (κ2) is 7.29. The number of fused-ring (bicyclic) bond motifs is 1. The van der Waals surface area contributed by atoms with E-state index in [0.717, 1.165) is 16.7 Å². The van der Waals surface area contributed by atoms with Crippen molar-refractivity contribution in [1.82, 2.24) is 18.7 Å². The molecule has 0 atom stereocenters. The topological polar surface area (TPSA) is 77.3 Å². The highest BCUT2D eigenvalue weighted by molar-refractivity contribution is 7.71. The molecule has 7 nitrogen and oxygen atoms in total. The summed E-state index contributed by atoms with van der Waals surface area (Å²) >= 11 is 5.33. The minimum Gasteiger partial charge on any atom is -0.494 e. The van der Waals surface area contributed by atoms with E-state index in [1.54, 1.807) is 10.6 Å². The number of rotatable bonds is 4. The Morgan fingerprint density at radius 2 is 1.83 bits per heavy atom. The predicted octanol–water partition coefficient (Wildman–Crippen LogP) is 1.98. The van der Waals surface area contributed by atoms with E-state index in [-0.39, 0.29) is 17.0 Å². The van der Waals surface area contributed by atoms with Crippen LogP contribution in [0.2, 0.25) is 0 Å². The van der Waals surface area contributed by atoms with Crippen molar-refractivity contribution in [1.29, 1.82) is 0 Å². The van der Waals surface area contributed by atoms with Crippen LogP contribution in [0.1, 0.15) is 19.4 Å². The van der Waals surface area contributed by atoms with E-state index in [4.69, 9.17) is 12.2 Å². The Labute approximate surface area is 172 Å². The van der Waals surface area contributed by atoms with Crippen LogP contribution in [0.15, 0.2) is 45.8 Å². The SMILES string of the molecule is CCn1c(O)c(C=C2C=c3c(nc(-c4ccccc4)n3C)=N2)c(=O)n(CC)c1=S. The zero-order valence-electron chi connectivity index (χ0n) is 16.5. The lowest BCUT2D eigenvalue weighted by molar-refractivity contribution is 0.399. The Kier molecular flexibility index (Phi) is 4.79. The monoisotopic (exact) mass is 407 g/mol. The maximum Gasteiger partial charge on any atom is 0.265 e. The number of benzene rings is 1. The highest BCUT2D eigenvalue weighted by Gasteiger charge is 2.17. The maximum atomic E-state index is 12.8. The summed E-state index contributed by atoms with van der Waals surface area (Å²) in [5.74, 6) is 0.683. The lowest BCUT2D eigenvalue weighted by atomic mass is 10.2. The fraction of sp³-hybridized carbons (Fsp3) is 0.238. The number of imidazole rings is 1. The molecule has 0 unspecified atom stereocenters. The van der Waals surface area contributed by atoms with Gasteiger partial charge in [0.05, 0.1) is 11.0 Å². The molecule has 0 saturated heterocycles. The minimum absolute atomic E-state index is 0.141. The highest BCUT2D eigenvalue weighted by atomic mass is 32.1. The van der Waals surface area contributed by atoms with Crippen LogP contribution in [-0.4, -0.2) is 23.8 Å². The molecule has 2 aromatic heterocycles. The van der Waals surface area contributed by atoms with Crippen molar-refractivity contribution in [2.45, 2.75) is 26.9 Å². The van der Waals surface area contributed by atoms with Crippen molar-refractivity contribution >= 4 is 24.4 Å². The van der Waals surface area contributed by atoms with Crippen LogP contribution in [0.4, 0.5) is 0 Å². The summed E-state index contributed by atoms with van der Waals surface area (Å²) in [6.07, 6.45) is 3.45. The summed E-state index contributed by atoms with van der Waals surface area (Å²) < 4.78 is 5.29. The average Bonchev–Trinajstić information content (AvgIpc) is 3.25. The molecule has 0 fully saturated rings. The van der Waals surface area contributed by atoms with Gasteiger partial charge in [0.15, 0.2) is 10.3 Å². The predicted molar refractivity (Wildman–Crippen MR) is 114 cm³/mol. The van der Waals surface area contributed by atoms with Crippen molar-refractivity contribution in [2.24, 2.45) is 12.0 Å². The van der Waals surface area contributed by atoms with E-state index in [1.165, 1.54) is 4.57 Å². The molecule has 148 valence electrons. The largest absolute Gasteiger partial charge is 0.494 e. The number of aromatic nitrogens is 4. The van der Waals surface area contributed by atoms with Crippen molar-refractivity contribution in [3.8, 4) is 17.3 Å². The number of allylic oxidation sites excluding steroid dienone is 1. The van der Waals surface area contributed by atoms with Crippen LogP contribution < -0.4 is 16.4 Å². The smallest absolute Gasteiger partial charge is 0.265 e. The molecule has 0 saturated carbocycles. The van der Waals surface area contributed by atoms with Crippen molar-refractivity contribution in [3.05, 3.63) is 67.6 Å². The van der Waals surface area contributed by atoms with Crippen molar-refractivity contribution in [2.75, 3.05) is 0 Å². The number of aromatic hydroxyl groups is 1. The Morgan fingerprint density at radius 3 is 2.45 bits per heavy atom. The highest BCUT2D eigenvalue weighted by Crippen LogP contribution is 2.19. The first-order chi connectivity index (χ1) is 14.0. The average molecular weight is 407 g/mol. The van der Waals surface area contributed by atoms with E-state index in [9.17, 15) is 9.90 Å². The van der Waals surface area contributed by atoms with Gasteiger partial charge in [0.2, 0.25) is 5.88 Å². The summed E-state index contributed by atoms with van der Waals surface area (Å²) in [5, 5.41) is 11.5. The normalized spacial score (nSPS) is 14.0. The molecule has 29 heavy (non-hydrogen) atoms. The summed E-state index contributed by atoms with van der Waals surface area (Å²) in [6, 6.07) is 9.89. The Hall–Kier alpha value is -3.26. The molecule has 0 amide bonds. The number of hydrogen-bond acceptors (Lipinski definition) is 5. The lowest BCUT2D eigenvalue weighted by Gasteiger charge is -2.13. The zero-order chi connectivity index (χ0) is 20.7. The van der Waals surface area contributed by atoms with Gasteiger partial charge in [-0.25, -0.2) is 9.98 Å². The van der Waals surface area contributed by atoms with Gasteiger partial charge in [0.25, 0.3) is 5.56 Å². The number of hydrogen-bond donors (Lipinski definition) is 1. The molecule has 3 heterocycles. The molecular weight excluding hydrogens is 386 g/mol. The van der Waals surface area contributed by atoms with Crippen LogP contribution >= 0.6 is 12.2 Å². The molecule has 0 aliphatic carbocycles. The summed E-state index contributed by atoms with van der Waals surface area (Å²) in [7, 11) is 1.93. The van der Waals surface area contributed by atoms with Gasteiger partial charge >= 0.3 is 0 Å². The third-order valence-corrected chi connectivity index (χ3v) is 5.47. The number of nitrogens with zero attached hydrogens (tertiary/aromatic N) is 5. The molecule has 0 spiro atoms. The molecule has 1 aromatic carbocycles. The molecule has 8 heteroatoms. The van der Waals surface area contributed by atoms with Gasteiger partial charge < -0.3 is 9.67 Å². The molecule has 1 N–H and O–H groups in total. The first kappa shape index (κ1) is 19.1. The second-order valence-electron chi connectivity index (χ2n) is 6.71. The van der Waals surface area contributed by atoms with Crippen LogP contribution in [0.25, 0.3) is 23.5 Å². The quantitative estimate of drug-likeness (QED) is 0.671. The van der Waals surface area contributed by atoms with Gasteiger partial charge in [-0.15, -0.1) is 0 Å². The fourth-order valence-corrected chi connectivity index (χ4v) is 3.93. The van der Waals surface area contributed by atoms with Gasteiger partial charge in [-0.05, 0) is 38.2 Å². The van der Waals surface area contributed by atoms with E-state index in [2.05, 4.69) is 9.98 Å². The molecule has 1 aliphatic rings. The van der Waals surface area contributed by atoms with Gasteiger partial charge in [0, 0.05) is 25.7 Å². The van der Waals surface area contributed by atoms with Gasteiger partial charge in [0.1, 0.15) is 11.4 Å². The molecule has 0 bridgehead atoms. The first-order valence-corrected chi connectivity index (χ1v) is 9.84. The van der Waals surface area contributed by atoms with Crippen molar-refractivity contribution < 1.29 is 5.11 Å². The third kappa shape index (κ3) is 3.05. The van der Waals surface area contributed by atoms with Gasteiger partial charge in [-0.3, -0.25) is 13.9 Å². The molecular formula is C21H21N5O2S. The van der Waals surface area contributed by atoms with Gasteiger partial charge in [-0.2, -0.15) is 0 Å². The Bertz CT molecular complexity index is 1380. The van der Waals surface area contributed by atoms with Crippen LogP contribution in [0.3, 0.4) is 0 Å². The van der Waals surface area contributed by atoms with Crippen LogP contribution in [0.5, 0.6) is 5.88 Å². The molecule has 1 aliphatic heterocycles. The van der Waals surface area contributed by atoms with E-state index in [0.29, 0.717) is 29.0 Å². The second-order valence-corrected chi connectivity index (χ2v) is 7.07. The van der Waals surface area contributed by atoms with Gasteiger partial charge in [-0.1, -0.05) is 30.3 Å². The zero-order valence-corrected chi connectivity index (χ0v) is 17.3. The minimum atomic E-state index is -0.329. The van der Waals surface area contributed by atoms with E-state index < -0.39 is 0 Å². The fourth-order valence-electron chi connectivity index (χ4n) is 3.50. The maximum absolute atomic E-state index is 12.8. The van der Waals surface area contributed by atoms with E-state index >= 15 is 0 Å².